The summed E-state index contributed by atoms with van der Waals surface area (Å²) in [5.74, 6) is -0.0924. The van der Waals surface area contributed by atoms with Gasteiger partial charge < -0.3 is 9.64 Å². The summed E-state index contributed by atoms with van der Waals surface area (Å²) in [6.07, 6.45) is 6.99. The van der Waals surface area contributed by atoms with E-state index >= 15 is 0 Å². The number of rotatable bonds is 2. The topological polar surface area (TPSA) is 58.6 Å². The zero-order valence-corrected chi connectivity index (χ0v) is 10.6. The summed E-state index contributed by atoms with van der Waals surface area (Å²) >= 11 is 0. The number of carbonyl (C=O) groups is 2. The molecule has 1 spiro atoms. The van der Waals surface area contributed by atoms with Crippen molar-refractivity contribution in [3.05, 3.63) is 0 Å². The Balaban J connectivity index is 1.79. The van der Waals surface area contributed by atoms with E-state index in [-0.39, 0.29) is 18.0 Å². The number of nitrogens with zero attached hydrogens (tertiary/aromatic N) is 1. The Labute approximate surface area is 107 Å². The van der Waals surface area contributed by atoms with E-state index in [0.29, 0.717) is 6.54 Å². The highest BCUT2D eigenvalue weighted by molar-refractivity contribution is 6.07. The summed E-state index contributed by atoms with van der Waals surface area (Å²) in [4.78, 5) is 25.9. The predicted octanol–water partition coefficient (Wildman–Crippen LogP) is 1.42. The molecule has 0 bridgehead atoms. The number of nitrogens with one attached hydrogen (secondary N) is 1. The molecule has 1 atom stereocenters. The third-order valence-corrected chi connectivity index (χ3v) is 4.50. The van der Waals surface area contributed by atoms with Gasteiger partial charge in [0.25, 0.3) is 5.91 Å². The van der Waals surface area contributed by atoms with Crippen molar-refractivity contribution in [2.75, 3.05) is 13.2 Å². The van der Waals surface area contributed by atoms with E-state index in [2.05, 4.69) is 5.32 Å². The van der Waals surface area contributed by atoms with Crippen molar-refractivity contribution in [3.63, 3.8) is 0 Å². The molecule has 0 aromatic rings. The average Bonchev–Trinajstić information content (AvgIpc) is 2.95. The molecule has 1 unspecified atom stereocenters. The standard InChI is InChI=1S/C13H20N2O3/c16-11-13(6-2-1-3-7-13)15(12(17)14-11)9-10-5-4-8-18-10/h10H,1-9H2,(H,14,16,17). The molecule has 3 aliphatic rings. The number of amides is 3. The van der Waals surface area contributed by atoms with Crippen LogP contribution in [-0.4, -0.2) is 41.6 Å². The Bertz CT molecular complexity index is 357. The van der Waals surface area contributed by atoms with E-state index in [1.807, 2.05) is 0 Å². The lowest BCUT2D eigenvalue weighted by atomic mass is 9.80. The van der Waals surface area contributed by atoms with Crippen molar-refractivity contribution in [1.82, 2.24) is 10.2 Å². The van der Waals surface area contributed by atoms with Gasteiger partial charge >= 0.3 is 6.03 Å². The van der Waals surface area contributed by atoms with Crippen LogP contribution in [0.15, 0.2) is 0 Å². The minimum Gasteiger partial charge on any atom is -0.376 e. The summed E-state index contributed by atoms with van der Waals surface area (Å²) < 4.78 is 5.60. The third kappa shape index (κ3) is 1.81. The first kappa shape index (κ1) is 12.0. The largest absolute Gasteiger partial charge is 0.376 e. The second-order valence-electron chi connectivity index (χ2n) is 5.60. The molecule has 18 heavy (non-hydrogen) atoms. The zero-order valence-electron chi connectivity index (χ0n) is 10.6. The van der Waals surface area contributed by atoms with Crippen LogP contribution in [0.2, 0.25) is 0 Å². The number of hydrogen-bond acceptors (Lipinski definition) is 3. The minimum absolute atomic E-state index is 0.0924. The smallest absolute Gasteiger partial charge is 0.325 e. The number of carbonyl (C=O) groups excluding carboxylic acids is 2. The molecule has 100 valence electrons. The van der Waals surface area contributed by atoms with Crippen molar-refractivity contribution >= 4 is 11.9 Å². The Morgan fingerprint density at radius 3 is 2.67 bits per heavy atom. The Hall–Kier alpha value is -1.10. The van der Waals surface area contributed by atoms with Crippen LogP contribution < -0.4 is 5.32 Å². The maximum atomic E-state index is 12.1. The van der Waals surface area contributed by atoms with Gasteiger partial charge in [-0.2, -0.15) is 0 Å². The van der Waals surface area contributed by atoms with Gasteiger partial charge in [-0.3, -0.25) is 10.1 Å². The van der Waals surface area contributed by atoms with Gasteiger partial charge in [-0.15, -0.1) is 0 Å². The van der Waals surface area contributed by atoms with Gasteiger partial charge in [-0.25, -0.2) is 4.79 Å². The van der Waals surface area contributed by atoms with E-state index in [4.69, 9.17) is 4.74 Å². The maximum Gasteiger partial charge on any atom is 0.325 e. The normalized spacial score (nSPS) is 31.1. The Morgan fingerprint density at radius 1 is 1.22 bits per heavy atom. The molecule has 3 rings (SSSR count). The van der Waals surface area contributed by atoms with Crippen LogP contribution >= 0.6 is 0 Å². The van der Waals surface area contributed by atoms with Crippen molar-refractivity contribution < 1.29 is 14.3 Å². The number of ether oxygens (including phenoxy) is 1. The van der Waals surface area contributed by atoms with Crippen LogP contribution in [0.1, 0.15) is 44.9 Å². The van der Waals surface area contributed by atoms with Crippen LogP contribution in [0.3, 0.4) is 0 Å². The van der Waals surface area contributed by atoms with Crippen molar-refractivity contribution in [2.45, 2.75) is 56.6 Å². The van der Waals surface area contributed by atoms with Crippen LogP contribution in [0, 0.1) is 0 Å². The lowest BCUT2D eigenvalue weighted by molar-refractivity contribution is -0.128. The van der Waals surface area contributed by atoms with E-state index in [1.54, 1.807) is 4.90 Å². The average molecular weight is 252 g/mol. The summed E-state index contributed by atoms with van der Waals surface area (Å²) in [6.45, 7) is 1.35. The molecule has 0 radical (unpaired) electrons. The molecule has 2 aliphatic heterocycles. The monoisotopic (exact) mass is 252 g/mol. The van der Waals surface area contributed by atoms with Gasteiger partial charge in [-0.1, -0.05) is 19.3 Å². The predicted molar refractivity (Wildman–Crippen MR) is 65.0 cm³/mol. The fourth-order valence-electron chi connectivity index (χ4n) is 3.48. The van der Waals surface area contributed by atoms with Crippen LogP contribution in [0.25, 0.3) is 0 Å². The van der Waals surface area contributed by atoms with Gasteiger partial charge in [0.05, 0.1) is 6.10 Å². The molecular weight excluding hydrogens is 232 g/mol. The fourth-order valence-corrected chi connectivity index (χ4v) is 3.48. The van der Waals surface area contributed by atoms with Gasteiger partial charge in [0.2, 0.25) is 0 Å². The molecule has 1 saturated carbocycles. The lowest BCUT2D eigenvalue weighted by Gasteiger charge is -2.39. The SMILES string of the molecule is O=C1NC(=O)C2(CCCCC2)N1CC1CCCO1. The molecule has 1 N–H and O–H groups in total. The van der Waals surface area contributed by atoms with Gasteiger partial charge in [0, 0.05) is 13.2 Å². The molecule has 2 heterocycles. The highest BCUT2D eigenvalue weighted by atomic mass is 16.5. The van der Waals surface area contributed by atoms with Crippen LogP contribution in [-0.2, 0) is 9.53 Å². The van der Waals surface area contributed by atoms with Gasteiger partial charge in [0.15, 0.2) is 0 Å². The summed E-state index contributed by atoms with van der Waals surface area (Å²) in [7, 11) is 0. The number of urea groups is 1. The molecule has 2 saturated heterocycles. The first-order valence-corrected chi connectivity index (χ1v) is 6.97. The first-order valence-electron chi connectivity index (χ1n) is 6.97. The number of hydrogen-bond donors (Lipinski definition) is 1. The molecule has 0 aromatic carbocycles. The van der Waals surface area contributed by atoms with E-state index in [1.165, 1.54) is 0 Å². The number of imide groups is 1. The summed E-state index contributed by atoms with van der Waals surface area (Å²) in [5.41, 5.74) is -0.568. The lowest BCUT2D eigenvalue weighted by Crippen LogP contribution is -2.53. The van der Waals surface area contributed by atoms with Gasteiger partial charge in [-0.05, 0) is 25.7 Å². The summed E-state index contributed by atoms with van der Waals surface area (Å²) in [5, 5.41) is 2.49. The second kappa shape index (κ2) is 4.53. The molecule has 0 aromatic heterocycles. The van der Waals surface area contributed by atoms with Crippen molar-refractivity contribution in [1.29, 1.82) is 0 Å². The van der Waals surface area contributed by atoms with E-state index in [9.17, 15) is 9.59 Å². The van der Waals surface area contributed by atoms with E-state index in [0.717, 1.165) is 51.6 Å². The molecule has 3 fully saturated rings. The van der Waals surface area contributed by atoms with Crippen molar-refractivity contribution in [2.24, 2.45) is 0 Å². The van der Waals surface area contributed by atoms with E-state index < -0.39 is 5.54 Å². The van der Waals surface area contributed by atoms with Crippen LogP contribution in [0.5, 0.6) is 0 Å². The third-order valence-electron chi connectivity index (χ3n) is 4.50. The van der Waals surface area contributed by atoms with Crippen molar-refractivity contribution in [3.8, 4) is 0 Å². The fraction of sp³-hybridized carbons (Fsp3) is 0.846. The van der Waals surface area contributed by atoms with Gasteiger partial charge in [0.1, 0.15) is 5.54 Å². The highest BCUT2D eigenvalue weighted by Gasteiger charge is 2.53. The highest BCUT2D eigenvalue weighted by Crippen LogP contribution is 2.37. The van der Waals surface area contributed by atoms with Crippen LogP contribution in [0.4, 0.5) is 4.79 Å². The Kier molecular flexibility index (Phi) is 3.01. The Morgan fingerprint density at radius 2 is 2.00 bits per heavy atom. The molecular formula is C13H20N2O3. The first-order chi connectivity index (χ1) is 8.72. The molecule has 1 aliphatic carbocycles. The molecule has 3 amide bonds. The molecule has 5 nitrogen and oxygen atoms in total. The quantitative estimate of drug-likeness (QED) is 0.756. The zero-order chi connectivity index (χ0) is 12.6. The maximum absolute atomic E-state index is 12.1. The second-order valence-corrected chi connectivity index (χ2v) is 5.60. The summed E-state index contributed by atoms with van der Waals surface area (Å²) in [6, 6.07) is -0.225. The minimum atomic E-state index is -0.568. The molecule has 5 heteroatoms.